The molecule has 1 aliphatic carbocycles. The topological polar surface area (TPSA) is 72.7 Å². The van der Waals surface area contributed by atoms with E-state index in [1.165, 1.54) is 6.07 Å². The number of carbonyl (C=O) groups excluding carboxylic acids is 1. The van der Waals surface area contributed by atoms with Gasteiger partial charge in [0.2, 0.25) is 0 Å². The van der Waals surface area contributed by atoms with Crippen molar-refractivity contribution in [1.82, 2.24) is 25.1 Å². The second-order valence-electron chi connectivity index (χ2n) is 6.32. The molecule has 27 heavy (non-hydrogen) atoms. The van der Waals surface area contributed by atoms with Crippen molar-refractivity contribution in [2.24, 2.45) is 0 Å². The number of thiazole rings is 1. The number of nitrogens with one attached hydrogen (secondary N) is 1. The molecule has 0 saturated heterocycles. The maximum atomic E-state index is 12.8. The van der Waals surface area contributed by atoms with Crippen LogP contribution in [0.4, 0.5) is 13.2 Å². The van der Waals surface area contributed by atoms with Crippen LogP contribution in [0.3, 0.4) is 0 Å². The molecule has 4 rings (SSSR count). The zero-order chi connectivity index (χ0) is 19.0. The number of hydrogen-bond acceptors (Lipinski definition) is 5. The van der Waals surface area contributed by atoms with Crippen LogP contribution in [0.2, 0.25) is 0 Å². The van der Waals surface area contributed by atoms with Gasteiger partial charge in [-0.3, -0.25) is 4.79 Å². The maximum absolute atomic E-state index is 12.8. The summed E-state index contributed by atoms with van der Waals surface area (Å²) < 4.78 is 40.4. The highest BCUT2D eigenvalue weighted by atomic mass is 32.1. The quantitative estimate of drug-likeness (QED) is 0.736. The molecule has 1 fully saturated rings. The van der Waals surface area contributed by atoms with E-state index in [-0.39, 0.29) is 23.0 Å². The van der Waals surface area contributed by atoms with E-state index in [1.54, 1.807) is 24.1 Å². The van der Waals surface area contributed by atoms with Crippen LogP contribution in [0, 0.1) is 0 Å². The van der Waals surface area contributed by atoms with Crippen LogP contribution in [-0.4, -0.2) is 31.7 Å². The molecule has 140 valence electrons. The van der Waals surface area contributed by atoms with Crippen molar-refractivity contribution in [3.63, 3.8) is 0 Å². The predicted octanol–water partition coefficient (Wildman–Crippen LogP) is 3.55. The number of nitrogens with zero attached hydrogens (tertiary/aromatic N) is 4. The molecule has 0 spiro atoms. The zero-order valence-electron chi connectivity index (χ0n) is 13.8. The summed E-state index contributed by atoms with van der Waals surface area (Å²) in [5.74, 6) is -0.314. The van der Waals surface area contributed by atoms with Gasteiger partial charge in [0, 0.05) is 23.0 Å². The number of aromatic nitrogens is 4. The Morgan fingerprint density at radius 2 is 1.96 bits per heavy atom. The lowest BCUT2D eigenvalue weighted by atomic mass is 9.86. The van der Waals surface area contributed by atoms with Crippen molar-refractivity contribution in [3.05, 3.63) is 52.9 Å². The van der Waals surface area contributed by atoms with E-state index in [2.05, 4.69) is 20.5 Å². The first kappa shape index (κ1) is 17.7. The summed E-state index contributed by atoms with van der Waals surface area (Å²) in [7, 11) is 0. The molecular formula is C17H14F3N5OS. The molecule has 1 aliphatic rings. The molecule has 6 nitrogen and oxygen atoms in total. The van der Waals surface area contributed by atoms with Gasteiger partial charge in [-0.25, -0.2) is 4.98 Å². The summed E-state index contributed by atoms with van der Waals surface area (Å²) in [4.78, 5) is 16.5. The number of halogens is 3. The Labute approximate surface area is 156 Å². The molecular weight excluding hydrogens is 379 g/mol. The fourth-order valence-electron chi connectivity index (χ4n) is 2.96. The van der Waals surface area contributed by atoms with Crippen molar-refractivity contribution in [2.45, 2.75) is 31.1 Å². The van der Waals surface area contributed by atoms with Crippen molar-refractivity contribution in [1.29, 1.82) is 0 Å². The van der Waals surface area contributed by atoms with Gasteiger partial charge in [-0.15, -0.1) is 21.5 Å². The van der Waals surface area contributed by atoms with Crippen LogP contribution >= 0.6 is 11.3 Å². The number of carbonyl (C=O) groups is 1. The number of amides is 1. The van der Waals surface area contributed by atoms with E-state index in [1.807, 2.05) is 4.57 Å². The molecule has 0 radical (unpaired) electrons. The lowest BCUT2D eigenvalue weighted by molar-refractivity contribution is -0.137. The third-order valence-electron chi connectivity index (χ3n) is 4.49. The van der Waals surface area contributed by atoms with Crippen molar-refractivity contribution >= 4 is 17.2 Å². The monoisotopic (exact) mass is 393 g/mol. The summed E-state index contributed by atoms with van der Waals surface area (Å²) in [6.45, 7) is 0. The van der Waals surface area contributed by atoms with Gasteiger partial charge in [0.1, 0.15) is 12.7 Å². The highest BCUT2D eigenvalue weighted by Crippen LogP contribution is 2.33. The van der Waals surface area contributed by atoms with Gasteiger partial charge in [-0.05, 0) is 25.0 Å². The van der Waals surface area contributed by atoms with Gasteiger partial charge in [-0.1, -0.05) is 12.1 Å². The summed E-state index contributed by atoms with van der Waals surface area (Å²) in [5.41, 5.74) is -0.0582. The van der Waals surface area contributed by atoms with Crippen LogP contribution in [0.1, 0.15) is 34.2 Å². The summed E-state index contributed by atoms with van der Waals surface area (Å²) >= 11 is 1.11. The summed E-state index contributed by atoms with van der Waals surface area (Å²) in [6, 6.07) is 5.21. The predicted molar refractivity (Wildman–Crippen MR) is 92.1 cm³/mol. The fourth-order valence-corrected chi connectivity index (χ4v) is 3.69. The average molecular weight is 393 g/mol. The second-order valence-corrected chi connectivity index (χ2v) is 7.18. The lowest BCUT2D eigenvalue weighted by Crippen LogP contribution is -2.44. The van der Waals surface area contributed by atoms with Crippen molar-refractivity contribution < 1.29 is 18.0 Å². The maximum Gasteiger partial charge on any atom is 0.416 e. The minimum absolute atomic E-state index is 0.0332. The van der Waals surface area contributed by atoms with Crippen LogP contribution < -0.4 is 5.32 Å². The SMILES string of the molecule is O=C(NC1CC(n2cnnc2)C1)c1nc(-c2cccc(C(F)(F)F)c2)cs1. The third-order valence-corrected chi connectivity index (χ3v) is 5.33. The first-order chi connectivity index (χ1) is 12.9. The van der Waals surface area contributed by atoms with E-state index in [9.17, 15) is 18.0 Å². The van der Waals surface area contributed by atoms with Gasteiger partial charge in [0.25, 0.3) is 5.91 Å². The first-order valence-electron chi connectivity index (χ1n) is 8.18. The third kappa shape index (κ3) is 3.70. The molecule has 1 saturated carbocycles. The first-order valence-corrected chi connectivity index (χ1v) is 9.06. The zero-order valence-corrected chi connectivity index (χ0v) is 14.7. The van der Waals surface area contributed by atoms with Gasteiger partial charge in [0.05, 0.1) is 11.3 Å². The largest absolute Gasteiger partial charge is 0.416 e. The van der Waals surface area contributed by atoms with Gasteiger partial charge >= 0.3 is 6.18 Å². The standard InChI is InChI=1S/C17H14F3N5OS/c18-17(19,20)11-3-1-2-10(4-11)14-7-27-16(24-14)15(26)23-12-5-13(6-12)25-8-21-22-9-25/h1-4,7-9,12-13H,5-6H2,(H,23,26). The average Bonchev–Trinajstić information content (AvgIpc) is 3.28. The highest BCUT2D eigenvalue weighted by molar-refractivity contribution is 7.12. The summed E-state index contributed by atoms with van der Waals surface area (Å²) in [5, 5.41) is 12.2. The van der Waals surface area contributed by atoms with Crippen molar-refractivity contribution in [2.75, 3.05) is 0 Å². The Morgan fingerprint density at radius 1 is 1.22 bits per heavy atom. The lowest BCUT2D eigenvalue weighted by Gasteiger charge is -2.35. The Morgan fingerprint density at radius 3 is 2.67 bits per heavy atom. The van der Waals surface area contributed by atoms with E-state index < -0.39 is 11.7 Å². The van der Waals surface area contributed by atoms with Crippen LogP contribution in [-0.2, 0) is 6.18 Å². The molecule has 3 aromatic rings. The Bertz CT molecular complexity index is 948. The molecule has 2 aromatic heterocycles. The molecule has 0 atom stereocenters. The fraction of sp³-hybridized carbons (Fsp3) is 0.294. The Balaban J connectivity index is 1.40. The second kappa shape index (κ2) is 6.76. The molecule has 0 aliphatic heterocycles. The van der Waals surface area contributed by atoms with E-state index in [0.717, 1.165) is 36.3 Å². The minimum Gasteiger partial charge on any atom is -0.347 e. The minimum atomic E-state index is -4.42. The van der Waals surface area contributed by atoms with Crippen molar-refractivity contribution in [3.8, 4) is 11.3 Å². The Hall–Kier alpha value is -2.75. The number of hydrogen-bond donors (Lipinski definition) is 1. The van der Waals surface area contributed by atoms with E-state index in [4.69, 9.17) is 0 Å². The van der Waals surface area contributed by atoms with E-state index >= 15 is 0 Å². The van der Waals surface area contributed by atoms with Gasteiger partial charge in [0.15, 0.2) is 5.01 Å². The number of alkyl halides is 3. The van der Waals surface area contributed by atoms with Crippen LogP contribution in [0.15, 0.2) is 42.3 Å². The molecule has 1 amide bonds. The Kier molecular flexibility index (Phi) is 4.42. The number of rotatable bonds is 4. The molecule has 10 heteroatoms. The molecule has 1 N–H and O–H groups in total. The molecule has 1 aromatic carbocycles. The summed E-state index contributed by atoms with van der Waals surface area (Å²) in [6.07, 6.45) is 0.415. The molecule has 2 heterocycles. The van der Waals surface area contributed by atoms with Gasteiger partial charge < -0.3 is 9.88 Å². The highest BCUT2D eigenvalue weighted by Gasteiger charge is 2.33. The van der Waals surface area contributed by atoms with E-state index in [0.29, 0.717) is 11.3 Å². The van der Waals surface area contributed by atoms with Gasteiger partial charge in [-0.2, -0.15) is 13.2 Å². The normalized spacial score (nSPS) is 19.5. The smallest absolute Gasteiger partial charge is 0.347 e. The molecule has 0 bridgehead atoms. The molecule has 0 unspecified atom stereocenters. The van der Waals surface area contributed by atoms with Crippen LogP contribution in [0.5, 0.6) is 0 Å². The number of benzene rings is 1. The van der Waals surface area contributed by atoms with Crippen LogP contribution in [0.25, 0.3) is 11.3 Å².